The van der Waals surface area contributed by atoms with Crippen LogP contribution in [0.3, 0.4) is 0 Å². The minimum Gasteiger partial charge on any atom is -0.354 e. The summed E-state index contributed by atoms with van der Waals surface area (Å²) >= 11 is 5.08. The molecule has 3 rings (SSSR count). The van der Waals surface area contributed by atoms with E-state index in [0.29, 0.717) is 29.4 Å². The summed E-state index contributed by atoms with van der Waals surface area (Å²) in [5.74, 6) is 0.701. The summed E-state index contributed by atoms with van der Waals surface area (Å²) in [4.78, 5) is 26.9. The number of hydrogen-bond acceptors (Lipinski definition) is 6. The van der Waals surface area contributed by atoms with Crippen molar-refractivity contribution in [2.75, 3.05) is 16.9 Å². The van der Waals surface area contributed by atoms with Gasteiger partial charge in [-0.1, -0.05) is 0 Å². The summed E-state index contributed by atoms with van der Waals surface area (Å²) in [7, 11) is 1.78. The second-order valence-corrected chi connectivity index (χ2v) is 5.34. The molecule has 0 bridgehead atoms. The van der Waals surface area contributed by atoms with Gasteiger partial charge in [-0.15, -0.1) is 0 Å². The lowest BCUT2D eigenvalue weighted by Crippen LogP contribution is -2.39. The molecule has 1 aliphatic rings. The molecule has 8 nitrogen and oxygen atoms in total. The first-order valence-electron chi connectivity index (χ1n) is 6.53. The molecule has 2 heterocycles. The van der Waals surface area contributed by atoms with Crippen molar-refractivity contribution in [2.45, 2.75) is 6.54 Å². The first kappa shape index (κ1) is 14.3. The van der Waals surface area contributed by atoms with Crippen LogP contribution in [-0.4, -0.2) is 21.1 Å². The standard InChI is InChI=1S/C13H13N5O3S/c1-16-11-10(12(19)15-13(16)22)6-17(7-14-11)8-2-4-9(5-3-8)18(20)21/h2-5,14H,6-7H2,1H3,(H,15,19,22). The average Bonchev–Trinajstić information content (AvgIpc) is 2.52. The molecule has 22 heavy (non-hydrogen) atoms. The number of H-pyrrole nitrogens is 1. The van der Waals surface area contributed by atoms with Gasteiger partial charge in [0.25, 0.3) is 11.2 Å². The number of fused-ring (bicyclic) bond motifs is 1. The van der Waals surface area contributed by atoms with Crippen LogP contribution in [0.2, 0.25) is 0 Å². The zero-order chi connectivity index (χ0) is 15.9. The maximum atomic E-state index is 12.1. The summed E-state index contributed by atoms with van der Waals surface area (Å²) in [5.41, 5.74) is 1.19. The van der Waals surface area contributed by atoms with Gasteiger partial charge in [-0.25, -0.2) is 0 Å². The van der Waals surface area contributed by atoms with Crippen molar-refractivity contribution in [3.05, 3.63) is 55.1 Å². The molecule has 114 valence electrons. The van der Waals surface area contributed by atoms with Crippen LogP contribution in [0.15, 0.2) is 29.1 Å². The fourth-order valence-electron chi connectivity index (χ4n) is 2.42. The van der Waals surface area contributed by atoms with E-state index in [9.17, 15) is 14.9 Å². The third-order valence-electron chi connectivity index (χ3n) is 3.63. The smallest absolute Gasteiger partial charge is 0.269 e. The maximum Gasteiger partial charge on any atom is 0.269 e. The SMILES string of the molecule is Cn1c2c(c(=O)[nH]c1=S)CN(c1ccc([N+](=O)[O-])cc1)CN2. The molecule has 0 aliphatic carbocycles. The van der Waals surface area contributed by atoms with Crippen LogP contribution in [0.1, 0.15) is 5.56 Å². The van der Waals surface area contributed by atoms with E-state index in [1.807, 2.05) is 4.90 Å². The Bertz CT molecular complexity index is 855. The third-order valence-corrected chi connectivity index (χ3v) is 4.01. The van der Waals surface area contributed by atoms with E-state index in [1.165, 1.54) is 12.1 Å². The van der Waals surface area contributed by atoms with Crippen LogP contribution in [0, 0.1) is 14.9 Å². The largest absolute Gasteiger partial charge is 0.354 e. The Morgan fingerprint density at radius 3 is 2.64 bits per heavy atom. The molecule has 1 aliphatic heterocycles. The molecule has 0 unspecified atom stereocenters. The molecule has 0 saturated heterocycles. The Labute approximate surface area is 130 Å². The highest BCUT2D eigenvalue weighted by Crippen LogP contribution is 2.25. The number of nitrogens with zero attached hydrogens (tertiary/aromatic N) is 3. The highest BCUT2D eigenvalue weighted by atomic mass is 32.1. The summed E-state index contributed by atoms with van der Waals surface area (Å²) in [6.07, 6.45) is 0. The lowest BCUT2D eigenvalue weighted by atomic mass is 10.2. The van der Waals surface area contributed by atoms with Crippen molar-refractivity contribution in [3.63, 3.8) is 0 Å². The maximum absolute atomic E-state index is 12.1. The van der Waals surface area contributed by atoms with Gasteiger partial charge in [0.05, 0.1) is 23.7 Å². The van der Waals surface area contributed by atoms with Crippen LogP contribution in [0.25, 0.3) is 0 Å². The molecular formula is C13H13N5O3S. The van der Waals surface area contributed by atoms with Gasteiger partial charge >= 0.3 is 0 Å². The van der Waals surface area contributed by atoms with E-state index >= 15 is 0 Å². The number of benzene rings is 1. The van der Waals surface area contributed by atoms with E-state index in [0.717, 1.165) is 5.69 Å². The van der Waals surface area contributed by atoms with Gasteiger partial charge in [0, 0.05) is 24.9 Å². The molecule has 0 spiro atoms. The number of nitro benzene ring substituents is 1. The monoisotopic (exact) mass is 319 g/mol. The number of aromatic amines is 1. The Balaban J connectivity index is 1.94. The molecule has 0 atom stereocenters. The van der Waals surface area contributed by atoms with Crippen molar-refractivity contribution in [1.29, 1.82) is 0 Å². The van der Waals surface area contributed by atoms with Crippen molar-refractivity contribution in [3.8, 4) is 0 Å². The van der Waals surface area contributed by atoms with Gasteiger partial charge in [0.1, 0.15) is 5.82 Å². The second-order valence-electron chi connectivity index (χ2n) is 4.95. The molecule has 1 aromatic heterocycles. The number of aromatic nitrogens is 2. The van der Waals surface area contributed by atoms with Gasteiger partial charge in [0.15, 0.2) is 4.77 Å². The predicted molar refractivity (Wildman–Crippen MR) is 84.6 cm³/mol. The zero-order valence-corrected chi connectivity index (χ0v) is 12.5. The minimum absolute atomic E-state index is 0.0362. The molecular weight excluding hydrogens is 306 g/mol. The van der Waals surface area contributed by atoms with Gasteiger partial charge in [0.2, 0.25) is 0 Å². The van der Waals surface area contributed by atoms with Crippen LogP contribution in [-0.2, 0) is 13.6 Å². The van der Waals surface area contributed by atoms with E-state index in [2.05, 4.69) is 10.3 Å². The lowest BCUT2D eigenvalue weighted by Gasteiger charge is -2.32. The number of hydrogen-bond donors (Lipinski definition) is 2. The van der Waals surface area contributed by atoms with Crippen LogP contribution < -0.4 is 15.8 Å². The molecule has 1 aromatic carbocycles. The van der Waals surface area contributed by atoms with E-state index in [-0.39, 0.29) is 11.2 Å². The lowest BCUT2D eigenvalue weighted by molar-refractivity contribution is -0.384. The molecule has 2 aromatic rings. The van der Waals surface area contributed by atoms with Crippen molar-refractivity contribution in [2.24, 2.45) is 7.05 Å². The Hall–Kier alpha value is -2.68. The fourth-order valence-corrected chi connectivity index (χ4v) is 2.61. The molecule has 2 N–H and O–H groups in total. The first-order chi connectivity index (χ1) is 10.5. The quantitative estimate of drug-likeness (QED) is 0.497. The first-order valence-corrected chi connectivity index (χ1v) is 6.93. The van der Waals surface area contributed by atoms with E-state index in [4.69, 9.17) is 12.2 Å². The van der Waals surface area contributed by atoms with Crippen molar-refractivity contribution < 1.29 is 4.92 Å². The number of anilines is 2. The van der Waals surface area contributed by atoms with E-state index < -0.39 is 4.92 Å². The normalized spacial score (nSPS) is 13.4. The predicted octanol–water partition coefficient (Wildman–Crippen LogP) is 1.74. The zero-order valence-electron chi connectivity index (χ0n) is 11.7. The Morgan fingerprint density at radius 1 is 1.32 bits per heavy atom. The molecule has 0 fully saturated rings. The summed E-state index contributed by atoms with van der Waals surface area (Å²) < 4.78 is 2.08. The van der Waals surface area contributed by atoms with Gasteiger partial charge in [-0.3, -0.25) is 19.9 Å². The molecule has 0 radical (unpaired) electrons. The summed E-state index contributed by atoms with van der Waals surface area (Å²) in [6.45, 7) is 0.885. The number of nitrogens with one attached hydrogen (secondary N) is 2. The van der Waals surface area contributed by atoms with E-state index in [1.54, 1.807) is 23.7 Å². The van der Waals surface area contributed by atoms with Gasteiger partial charge in [-0.2, -0.15) is 0 Å². The number of rotatable bonds is 2. The van der Waals surface area contributed by atoms with Crippen LogP contribution in [0.4, 0.5) is 17.2 Å². The third kappa shape index (κ3) is 2.35. The topological polar surface area (TPSA) is 96.2 Å². The highest BCUT2D eigenvalue weighted by molar-refractivity contribution is 7.71. The fraction of sp³-hybridized carbons (Fsp3) is 0.231. The summed E-state index contributed by atoms with van der Waals surface area (Å²) in [5, 5.41) is 13.9. The van der Waals surface area contributed by atoms with Crippen molar-refractivity contribution >= 4 is 29.4 Å². The number of nitro groups is 1. The Kier molecular flexibility index (Phi) is 3.41. The van der Waals surface area contributed by atoms with Crippen LogP contribution >= 0.6 is 12.2 Å². The number of non-ortho nitro benzene ring substituents is 1. The molecule has 9 heteroatoms. The van der Waals surface area contributed by atoms with Gasteiger partial charge in [-0.05, 0) is 24.4 Å². The second kappa shape index (κ2) is 5.26. The van der Waals surface area contributed by atoms with Gasteiger partial charge < -0.3 is 14.8 Å². The molecule has 0 amide bonds. The summed E-state index contributed by atoms with van der Waals surface area (Å²) in [6, 6.07) is 6.23. The van der Waals surface area contributed by atoms with Crippen LogP contribution in [0.5, 0.6) is 0 Å². The average molecular weight is 319 g/mol. The minimum atomic E-state index is -0.441. The Morgan fingerprint density at radius 2 is 2.00 bits per heavy atom. The highest BCUT2D eigenvalue weighted by Gasteiger charge is 2.21. The van der Waals surface area contributed by atoms with Crippen molar-refractivity contribution in [1.82, 2.24) is 9.55 Å². The molecule has 0 saturated carbocycles.